The van der Waals surface area contributed by atoms with E-state index in [1.165, 1.54) is 5.56 Å². The first kappa shape index (κ1) is 19.3. The normalized spacial score (nSPS) is 15.2. The third-order valence-electron chi connectivity index (χ3n) is 4.76. The van der Waals surface area contributed by atoms with E-state index in [1.807, 2.05) is 4.90 Å². The Morgan fingerprint density at radius 3 is 2.48 bits per heavy atom. The molecule has 0 radical (unpaired) electrons. The Bertz CT molecular complexity index is 613. The maximum atomic E-state index is 12.7. The smallest absolute Gasteiger partial charge is 0.409 e. The summed E-state index contributed by atoms with van der Waals surface area (Å²) in [4.78, 5) is 28.2. The Morgan fingerprint density at radius 1 is 1.12 bits per heavy atom. The zero-order chi connectivity index (χ0) is 18.4. The van der Waals surface area contributed by atoms with E-state index < -0.39 is 0 Å². The monoisotopic (exact) mass is 346 g/mol. The summed E-state index contributed by atoms with van der Waals surface area (Å²) in [5, 5.41) is 0. The van der Waals surface area contributed by atoms with Crippen LogP contribution >= 0.6 is 0 Å². The van der Waals surface area contributed by atoms with Crippen molar-refractivity contribution in [3.05, 3.63) is 34.9 Å². The van der Waals surface area contributed by atoms with E-state index in [1.54, 1.807) is 11.8 Å². The lowest BCUT2D eigenvalue weighted by atomic mass is 9.96. The molecule has 25 heavy (non-hydrogen) atoms. The van der Waals surface area contributed by atoms with Crippen molar-refractivity contribution in [2.24, 2.45) is 0 Å². The molecule has 0 saturated carbocycles. The Balaban J connectivity index is 1.99. The second-order valence-corrected chi connectivity index (χ2v) is 6.94. The fourth-order valence-corrected chi connectivity index (χ4v) is 3.08. The minimum Gasteiger partial charge on any atom is -0.450 e. The fraction of sp³-hybridized carbons (Fsp3) is 0.600. The van der Waals surface area contributed by atoms with Gasteiger partial charge in [0.2, 0.25) is 5.91 Å². The summed E-state index contributed by atoms with van der Waals surface area (Å²) in [7, 11) is 0. The van der Waals surface area contributed by atoms with Crippen LogP contribution in [-0.2, 0) is 16.0 Å². The molecule has 1 aliphatic rings. The molecule has 1 heterocycles. The average molecular weight is 346 g/mol. The van der Waals surface area contributed by atoms with Crippen LogP contribution in [0, 0.1) is 6.92 Å². The molecule has 5 heteroatoms. The zero-order valence-corrected chi connectivity index (χ0v) is 15.9. The SMILES string of the molecule is CCOC(=O)N1CCCN(C(=O)Cc2cc(C(C)C)ccc2C)CC1. The molecule has 2 amide bonds. The highest BCUT2D eigenvalue weighted by atomic mass is 16.6. The molecule has 0 aliphatic carbocycles. The summed E-state index contributed by atoms with van der Waals surface area (Å²) in [6, 6.07) is 6.39. The number of carbonyl (C=O) groups is 2. The van der Waals surface area contributed by atoms with Crippen molar-refractivity contribution in [1.29, 1.82) is 0 Å². The van der Waals surface area contributed by atoms with Gasteiger partial charge in [-0.15, -0.1) is 0 Å². The summed E-state index contributed by atoms with van der Waals surface area (Å²) in [6.07, 6.45) is 0.929. The highest BCUT2D eigenvalue weighted by Crippen LogP contribution is 2.20. The van der Waals surface area contributed by atoms with Crippen LogP contribution in [0.3, 0.4) is 0 Å². The van der Waals surface area contributed by atoms with Gasteiger partial charge in [0.25, 0.3) is 0 Å². The standard InChI is InChI=1S/C20H30N2O3/c1-5-25-20(24)22-10-6-9-21(11-12-22)19(23)14-18-13-17(15(2)3)8-7-16(18)4/h7-8,13,15H,5-6,9-12,14H2,1-4H3. The Morgan fingerprint density at radius 2 is 1.80 bits per heavy atom. The van der Waals surface area contributed by atoms with Crippen LogP contribution in [0.2, 0.25) is 0 Å². The van der Waals surface area contributed by atoms with Crippen LogP contribution < -0.4 is 0 Å². The minimum atomic E-state index is -0.280. The van der Waals surface area contributed by atoms with Crippen molar-refractivity contribution in [1.82, 2.24) is 9.80 Å². The molecule has 1 fully saturated rings. The van der Waals surface area contributed by atoms with Gasteiger partial charge in [-0.3, -0.25) is 4.79 Å². The second-order valence-electron chi connectivity index (χ2n) is 6.94. The molecule has 1 aromatic carbocycles. The summed E-state index contributed by atoms with van der Waals surface area (Å²) >= 11 is 0. The van der Waals surface area contributed by atoms with Crippen molar-refractivity contribution < 1.29 is 14.3 Å². The van der Waals surface area contributed by atoms with Crippen molar-refractivity contribution in [3.8, 4) is 0 Å². The molecule has 0 unspecified atom stereocenters. The Labute approximate surface area is 150 Å². The quantitative estimate of drug-likeness (QED) is 0.840. The topological polar surface area (TPSA) is 49.9 Å². The third-order valence-corrected chi connectivity index (χ3v) is 4.76. The number of hydrogen-bond donors (Lipinski definition) is 0. The highest BCUT2D eigenvalue weighted by molar-refractivity contribution is 5.79. The van der Waals surface area contributed by atoms with Gasteiger partial charge in [-0.2, -0.15) is 0 Å². The summed E-state index contributed by atoms with van der Waals surface area (Å²) in [5.74, 6) is 0.584. The number of rotatable bonds is 4. The number of ether oxygens (including phenoxy) is 1. The van der Waals surface area contributed by atoms with Crippen molar-refractivity contribution in [2.75, 3.05) is 32.8 Å². The summed E-state index contributed by atoms with van der Waals surface area (Å²) in [6.45, 7) is 11.0. The van der Waals surface area contributed by atoms with E-state index in [4.69, 9.17) is 4.74 Å². The van der Waals surface area contributed by atoms with Gasteiger partial charge in [0.05, 0.1) is 13.0 Å². The second kappa shape index (κ2) is 8.88. The van der Waals surface area contributed by atoms with E-state index in [0.717, 1.165) is 17.5 Å². The lowest BCUT2D eigenvalue weighted by Gasteiger charge is -2.22. The molecular formula is C20H30N2O3. The average Bonchev–Trinajstić information content (AvgIpc) is 2.83. The first-order valence-electron chi connectivity index (χ1n) is 9.21. The summed E-state index contributed by atoms with van der Waals surface area (Å²) < 4.78 is 5.06. The predicted octanol–water partition coefficient (Wildman–Crippen LogP) is 3.35. The van der Waals surface area contributed by atoms with Gasteiger partial charge in [-0.05, 0) is 42.9 Å². The van der Waals surface area contributed by atoms with E-state index in [-0.39, 0.29) is 12.0 Å². The van der Waals surface area contributed by atoms with E-state index in [0.29, 0.717) is 45.1 Å². The van der Waals surface area contributed by atoms with E-state index in [9.17, 15) is 9.59 Å². The Kier molecular flexibility index (Phi) is 6.85. The van der Waals surface area contributed by atoms with Crippen LogP contribution in [0.15, 0.2) is 18.2 Å². The first-order valence-corrected chi connectivity index (χ1v) is 9.21. The van der Waals surface area contributed by atoms with Crippen LogP contribution in [0.5, 0.6) is 0 Å². The van der Waals surface area contributed by atoms with Gasteiger partial charge >= 0.3 is 6.09 Å². The molecule has 0 spiro atoms. The third kappa shape index (κ3) is 5.21. The van der Waals surface area contributed by atoms with Crippen molar-refractivity contribution in [2.45, 2.75) is 46.5 Å². The van der Waals surface area contributed by atoms with E-state index >= 15 is 0 Å². The molecule has 5 nitrogen and oxygen atoms in total. The number of benzene rings is 1. The Hall–Kier alpha value is -2.04. The molecule has 0 N–H and O–H groups in total. The van der Waals surface area contributed by atoms with Gasteiger partial charge in [0.1, 0.15) is 0 Å². The maximum Gasteiger partial charge on any atom is 0.409 e. The largest absolute Gasteiger partial charge is 0.450 e. The van der Waals surface area contributed by atoms with Crippen LogP contribution in [0.4, 0.5) is 4.79 Å². The van der Waals surface area contributed by atoms with E-state index in [2.05, 4.69) is 39.0 Å². The van der Waals surface area contributed by atoms with Crippen LogP contribution in [0.25, 0.3) is 0 Å². The van der Waals surface area contributed by atoms with Gasteiger partial charge in [0, 0.05) is 26.2 Å². The molecule has 2 rings (SSSR count). The molecule has 0 atom stereocenters. The number of carbonyl (C=O) groups excluding carboxylic acids is 2. The predicted molar refractivity (Wildman–Crippen MR) is 98.8 cm³/mol. The van der Waals surface area contributed by atoms with Gasteiger partial charge in [-0.1, -0.05) is 32.0 Å². The van der Waals surface area contributed by atoms with Crippen LogP contribution in [-0.4, -0.2) is 54.6 Å². The number of amides is 2. The van der Waals surface area contributed by atoms with Crippen molar-refractivity contribution >= 4 is 12.0 Å². The van der Waals surface area contributed by atoms with Crippen molar-refractivity contribution in [3.63, 3.8) is 0 Å². The summed E-state index contributed by atoms with van der Waals surface area (Å²) in [5.41, 5.74) is 3.51. The zero-order valence-electron chi connectivity index (χ0n) is 15.9. The lowest BCUT2D eigenvalue weighted by molar-refractivity contribution is -0.130. The first-order chi connectivity index (χ1) is 11.9. The molecule has 138 valence electrons. The molecule has 0 bridgehead atoms. The number of aryl methyl sites for hydroxylation is 1. The molecule has 0 aromatic heterocycles. The maximum absolute atomic E-state index is 12.7. The number of hydrogen-bond acceptors (Lipinski definition) is 3. The van der Waals surface area contributed by atoms with Gasteiger partial charge < -0.3 is 14.5 Å². The highest BCUT2D eigenvalue weighted by Gasteiger charge is 2.23. The van der Waals surface area contributed by atoms with Gasteiger partial charge in [-0.25, -0.2) is 4.79 Å². The number of nitrogens with zero attached hydrogens (tertiary/aromatic N) is 2. The molecule has 1 aromatic rings. The fourth-order valence-electron chi connectivity index (χ4n) is 3.08. The molecule has 1 aliphatic heterocycles. The van der Waals surface area contributed by atoms with Crippen LogP contribution in [0.1, 0.15) is 49.8 Å². The lowest BCUT2D eigenvalue weighted by Crippen LogP contribution is -2.38. The van der Waals surface area contributed by atoms with Gasteiger partial charge in [0.15, 0.2) is 0 Å². The minimum absolute atomic E-state index is 0.134. The molecular weight excluding hydrogens is 316 g/mol. The molecule has 1 saturated heterocycles.